The molecule has 2 atom stereocenters. The second kappa shape index (κ2) is 8.29. The highest BCUT2D eigenvalue weighted by molar-refractivity contribution is 5.96. The van der Waals surface area contributed by atoms with Gasteiger partial charge in [-0.3, -0.25) is 14.5 Å². The van der Waals surface area contributed by atoms with Crippen molar-refractivity contribution >= 4 is 17.5 Å². The molecule has 0 aromatic heterocycles. The van der Waals surface area contributed by atoms with Crippen molar-refractivity contribution in [2.75, 3.05) is 25.0 Å². The highest BCUT2D eigenvalue weighted by atomic mass is 16.2. The van der Waals surface area contributed by atoms with E-state index in [1.807, 2.05) is 39.0 Å². The number of hydrogen-bond acceptors (Lipinski definition) is 3. The first-order chi connectivity index (χ1) is 11.4. The molecule has 0 spiro atoms. The van der Waals surface area contributed by atoms with E-state index >= 15 is 0 Å². The molecule has 5 nitrogen and oxygen atoms in total. The van der Waals surface area contributed by atoms with Crippen molar-refractivity contribution < 1.29 is 9.59 Å². The molecule has 0 saturated carbocycles. The minimum Gasteiger partial charge on any atom is -0.346 e. The van der Waals surface area contributed by atoms with E-state index in [4.69, 9.17) is 0 Å². The zero-order valence-corrected chi connectivity index (χ0v) is 15.2. The summed E-state index contributed by atoms with van der Waals surface area (Å²) in [5.41, 5.74) is 2.87. The maximum absolute atomic E-state index is 12.3. The third kappa shape index (κ3) is 4.81. The van der Waals surface area contributed by atoms with Crippen LogP contribution in [0.15, 0.2) is 18.2 Å². The fourth-order valence-electron chi connectivity index (χ4n) is 3.25. The lowest BCUT2D eigenvalue weighted by molar-refractivity contribution is -0.128. The average Bonchev–Trinajstić information content (AvgIpc) is 2.55. The molecule has 1 aliphatic heterocycles. The molecular formula is C19H29N3O2. The van der Waals surface area contributed by atoms with Crippen LogP contribution < -0.4 is 10.6 Å². The number of likely N-dealkylation sites (tertiary alicyclic amines) is 1. The van der Waals surface area contributed by atoms with Gasteiger partial charge in [0.1, 0.15) is 0 Å². The van der Waals surface area contributed by atoms with Gasteiger partial charge in [0.25, 0.3) is 0 Å². The molecule has 1 aromatic rings. The summed E-state index contributed by atoms with van der Waals surface area (Å²) < 4.78 is 0. The fourth-order valence-corrected chi connectivity index (χ4v) is 3.25. The second-order valence-electron chi connectivity index (χ2n) is 6.95. The molecule has 1 fully saturated rings. The number of benzene rings is 1. The van der Waals surface area contributed by atoms with Gasteiger partial charge in [-0.25, -0.2) is 0 Å². The Labute approximate surface area is 144 Å². The molecule has 5 heteroatoms. The Balaban J connectivity index is 1.83. The number of amides is 2. The average molecular weight is 331 g/mol. The molecule has 0 radical (unpaired) electrons. The fraction of sp³-hybridized carbons (Fsp3) is 0.579. The van der Waals surface area contributed by atoms with Gasteiger partial charge in [0.05, 0.1) is 12.6 Å². The van der Waals surface area contributed by atoms with E-state index in [1.54, 1.807) is 0 Å². The predicted molar refractivity (Wildman–Crippen MR) is 97.0 cm³/mol. The van der Waals surface area contributed by atoms with Gasteiger partial charge in [0.15, 0.2) is 0 Å². The van der Waals surface area contributed by atoms with Gasteiger partial charge in [-0.15, -0.1) is 0 Å². The molecule has 1 aliphatic rings. The summed E-state index contributed by atoms with van der Waals surface area (Å²) in [4.78, 5) is 26.6. The monoisotopic (exact) mass is 331 g/mol. The molecule has 2 rings (SSSR count). The first-order valence-corrected chi connectivity index (χ1v) is 8.76. The predicted octanol–water partition coefficient (Wildman–Crippen LogP) is 2.48. The Hall–Kier alpha value is -1.88. The molecule has 132 valence electrons. The quantitative estimate of drug-likeness (QED) is 0.871. The van der Waals surface area contributed by atoms with Crippen LogP contribution in [0.1, 0.15) is 37.8 Å². The van der Waals surface area contributed by atoms with Crippen LogP contribution in [0.4, 0.5) is 5.69 Å². The van der Waals surface area contributed by atoms with Crippen LogP contribution in [0.25, 0.3) is 0 Å². The maximum atomic E-state index is 12.3. The summed E-state index contributed by atoms with van der Waals surface area (Å²) in [5.74, 6) is 0.349. The number of carbonyl (C=O) groups excluding carboxylic acids is 2. The lowest BCUT2D eigenvalue weighted by atomic mass is 9.99. The normalized spacial score (nSPS) is 19.6. The minimum atomic E-state index is -0.194. The van der Waals surface area contributed by atoms with Gasteiger partial charge in [0, 0.05) is 12.2 Å². The van der Waals surface area contributed by atoms with E-state index in [0.29, 0.717) is 5.92 Å². The number of nitrogens with zero attached hydrogens (tertiary/aromatic N) is 1. The smallest absolute Gasteiger partial charge is 0.243 e. The number of piperidine rings is 1. The Bertz CT molecular complexity index is 580. The van der Waals surface area contributed by atoms with Gasteiger partial charge < -0.3 is 10.6 Å². The SMILES string of the molecule is Cc1cccc(C)c1NC(=O)CNC(=O)[C@H](C)N1CCC[C@H](C)C1. The number of carbonyl (C=O) groups is 2. The molecule has 0 unspecified atom stereocenters. The number of aryl methyl sites for hydroxylation is 2. The van der Waals surface area contributed by atoms with Crippen LogP contribution in [-0.2, 0) is 9.59 Å². The molecule has 0 aliphatic carbocycles. The third-order valence-corrected chi connectivity index (χ3v) is 4.78. The summed E-state index contributed by atoms with van der Waals surface area (Å²) in [6, 6.07) is 5.69. The molecule has 2 N–H and O–H groups in total. The van der Waals surface area contributed by atoms with Crippen molar-refractivity contribution in [1.29, 1.82) is 0 Å². The summed E-state index contributed by atoms with van der Waals surface area (Å²) in [6.45, 7) is 9.95. The maximum Gasteiger partial charge on any atom is 0.243 e. The topological polar surface area (TPSA) is 61.4 Å². The molecule has 0 bridgehead atoms. The lowest BCUT2D eigenvalue weighted by Gasteiger charge is -2.34. The number of rotatable bonds is 5. The van der Waals surface area contributed by atoms with Crippen molar-refractivity contribution in [2.24, 2.45) is 5.92 Å². The van der Waals surface area contributed by atoms with Crippen LogP contribution in [0.2, 0.25) is 0 Å². The van der Waals surface area contributed by atoms with Crippen LogP contribution >= 0.6 is 0 Å². The zero-order valence-electron chi connectivity index (χ0n) is 15.2. The molecule has 1 saturated heterocycles. The standard InChI is InChI=1S/C19H29N3O2/c1-13-7-6-10-22(12-13)16(4)19(24)20-11-17(23)21-18-14(2)8-5-9-15(18)3/h5,8-9,13,16H,6-7,10-12H2,1-4H3,(H,20,24)(H,21,23)/t13-,16-/m0/s1. The van der Waals surface area contributed by atoms with Crippen molar-refractivity contribution in [1.82, 2.24) is 10.2 Å². The van der Waals surface area contributed by atoms with Crippen LogP contribution in [-0.4, -0.2) is 42.4 Å². The van der Waals surface area contributed by atoms with Gasteiger partial charge in [-0.05, 0) is 57.2 Å². The third-order valence-electron chi connectivity index (χ3n) is 4.78. The van der Waals surface area contributed by atoms with E-state index in [2.05, 4.69) is 22.5 Å². The summed E-state index contributed by atoms with van der Waals surface area (Å²) in [7, 11) is 0. The van der Waals surface area contributed by atoms with E-state index in [-0.39, 0.29) is 24.4 Å². The number of nitrogens with one attached hydrogen (secondary N) is 2. The second-order valence-corrected chi connectivity index (χ2v) is 6.95. The first-order valence-electron chi connectivity index (χ1n) is 8.76. The van der Waals surface area contributed by atoms with Gasteiger partial charge in [-0.1, -0.05) is 25.1 Å². The molecule has 1 heterocycles. The van der Waals surface area contributed by atoms with Crippen molar-refractivity contribution in [3.05, 3.63) is 29.3 Å². The van der Waals surface area contributed by atoms with Gasteiger partial charge in [0.2, 0.25) is 11.8 Å². The van der Waals surface area contributed by atoms with Crippen LogP contribution in [0.3, 0.4) is 0 Å². The number of para-hydroxylation sites is 1. The Morgan fingerprint density at radius 2 is 1.96 bits per heavy atom. The van der Waals surface area contributed by atoms with Crippen molar-refractivity contribution in [3.63, 3.8) is 0 Å². The van der Waals surface area contributed by atoms with Crippen molar-refractivity contribution in [3.8, 4) is 0 Å². The zero-order chi connectivity index (χ0) is 17.7. The number of anilines is 1. The van der Waals surface area contributed by atoms with E-state index in [0.717, 1.165) is 36.3 Å². The minimum absolute atomic E-state index is 0.000338. The molecule has 24 heavy (non-hydrogen) atoms. The Morgan fingerprint density at radius 1 is 1.29 bits per heavy atom. The lowest BCUT2D eigenvalue weighted by Crippen LogP contribution is -2.49. The first kappa shape index (κ1) is 18.5. The van der Waals surface area contributed by atoms with Crippen molar-refractivity contribution in [2.45, 2.75) is 46.6 Å². The van der Waals surface area contributed by atoms with Crippen LogP contribution in [0.5, 0.6) is 0 Å². The Morgan fingerprint density at radius 3 is 2.58 bits per heavy atom. The largest absolute Gasteiger partial charge is 0.346 e. The van der Waals surface area contributed by atoms with E-state index in [1.165, 1.54) is 6.42 Å². The summed E-state index contributed by atoms with van der Waals surface area (Å²) in [6.07, 6.45) is 2.36. The summed E-state index contributed by atoms with van der Waals surface area (Å²) >= 11 is 0. The van der Waals surface area contributed by atoms with Crippen LogP contribution in [0, 0.1) is 19.8 Å². The molecular weight excluding hydrogens is 302 g/mol. The van der Waals surface area contributed by atoms with E-state index < -0.39 is 0 Å². The Kier molecular flexibility index (Phi) is 6.37. The molecule has 2 amide bonds. The summed E-state index contributed by atoms with van der Waals surface area (Å²) in [5, 5.41) is 5.65. The van der Waals surface area contributed by atoms with Gasteiger partial charge in [-0.2, -0.15) is 0 Å². The highest BCUT2D eigenvalue weighted by Crippen LogP contribution is 2.19. The molecule has 1 aromatic carbocycles. The van der Waals surface area contributed by atoms with E-state index in [9.17, 15) is 9.59 Å². The number of hydrogen-bond donors (Lipinski definition) is 2. The highest BCUT2D eigenvalue weighted by Gasteiger charge is 2.25. The van der Waals surface area contributed by atoms with Gasteiger partial charge >= 0.3 is 0 Å².